The molecule has 0 aliphatic heterocycles. The fraction of sp³-hybridized carbons (Fsp3) is 0.533. The van der Waals surface area contributed by atoms with Gasteiger partial charge in [0.25, 0.3) is 10.1 Å². The fourth-order valence-corrected chi connectivity index (χ4v) is 2.36. The quantitative estimate of drug-likeness (QED) is 0.246. The Hall–Kier alpha value is -0.640. The van der Waals surface area contributed by atoms with E-state index < -0.39 is 16.3 Å². The molecule has 0 unspecified atom stereocenters. The van der Waals surface area contributed by atoms with E-state index in [1.165, 1.54) is 12.1 Å². The van der Waals surface area contributed by atoms with Gasteiger partial charge < -0.3 is 14.0 Å². The van der Waals surface area contributed by atoms with E-state index in [9.17, 15) is 13.2 Å². The molecule has 1 aromatic carbocycles. The molecular weight excluding hydrogens is 345 g/mol. The first-order chi connectivity index (χ1) is 10.6. The number of benzene rings is 1. The molecule has 0 bridgehead atoms. The monoisotopic (exact) mass is 370 g/mol. The van der Waals surface area contributed by atoms with Crippen molar-refractivity contribution < 1.29 is 31.7 Å². The zero-order chi connectivity index (χ0) is 17.5. The Morgan fingerprint density at radius 3 is 2.25 bits per heavy atom. The molecule has 1 N–H and O–H groups in total. The molecule has 0 saturated heterocycles. The van der Waals surface area contributed by atoms with Crippen LogP contribution in [-0.4, -0.2) is 87.0 Å². The van der Waals surface area contributed by atoms with Crippen LogP contribution in [0, 0.1) is 0 Å². The van der Waals surface area contributed by atoms with Crippen molar-refractivity contribution in [2.45, 2.75) is 24.7 Å². The molecule has 0 aromatic heterocycles. The van der Waals surface area contributed by atoms with Gasteiger partial charge in [-0.05, 0) is 30.7 Å². The zero-order valence-electron chi connectivity index (χ0n) is 13.7. The van der Waals surface area contributed by atoms with Crippen molar-refractivity contribution in [3.63, 3.8) is 0 Å². The van der Waals surface area contributed by atoms with Crippen LogP contribution in [0.3, 0.4) is 0 Å². The summed E-state index contributed by atoms with van der Waals surface area (Å²) in [7, 11) is -0.124. The molecule has 0 fully saturated rings. The molecule has 1 aromatic rings. The van der Waals surface area contributed by atoms with Gasteiger partial charge in [0.2, 0.25) is 0 Å². The van der Waals surface area contributed by atoms with Crippen LogP contribution >= 0.6 is 0 Å². The molecular formula is C15H25NNaO6S+. The molecule has 132 valence electrons. The van der Waals surface area contributed by atoms with Crippen LogP contribution in [-0.2, 0) is 14.9 Å². The van der Waals surface area contributed by atoms with Gasteiger partial charge in [-0.1, -0.05) is 13.3 Å². The number of unbranched alkanes of at least 4 members (excludes halogenated alkanes) is 1. The Kier molecular flexibility index (Phi) is 10.1. The number of hydrogen-bond acceptors (Lipinski definition) is 5. The molecule has 0 amide bonds. The van der Waals surface area contributed by atoms with Gasteiger partial charge in [0.15, 0.2) is 0 Å². The number of likely N-dealkylation sites (N-methyl/N-ethyl adjacent to an activating group) is 1. The molecule has 0 radical (unpaired) electrons. The van der Waals surface area contributed by atoms with Crippen LogP contribution < -0.4 is 4.74 Å². The second-order valence-corrected chi connectivity index (χ2v) is 7.31. The Bertz CT molecular complexity index is 615. The summed E-state index contributed by atoms with van der Waals surface area (Å²) < 4.78 is 41.4. The van der Waals surface area contributed by atoms with Crippen LogP contribution in [0.25, 0.3) is 0 Å². The van der Waals surface area contributed by atoms with E-state index in [0.717, 1.165) is 36.0 Å². The van der Waals surface area contributed by atoms with Crippen LogP contribution in [0.4, 0.5) is 4.79 Å². The van der Waals surface area contributed by atoms with Gasteiger partial charge >= 0.3 is 35.7 Å². The summed E-state index contributed by atoms with van der Waals surface area (Å²) in [5.41, 5.74) is 0. The van der Waals surface area contributed by atoms with E-state index >= 15 is 0 Å². The number of carbonyl (C=O) groups is 1. The van der Waals surface area contributed by atoms with Crippen molar-refractivity contribution in [1.82, 2.24) is 0 Å². The molecule has 24 heavy (non-hydrogen) atoms. The molecule has 0 aliphatic rings. The van der Waals surface area contributed by atoms with Gasteiger partial charge in [-0.25, -0.2) is 4.79 Å². The Labute approximate surface area is 165 Å². The summed E-state index contributed by atoms with van der Waals surface area (Å²) in [6.45, 7) is 4.04. The summed E-state index contributed by atoms with van der Waals surface area (Å²) in [6, 6.07) is 4.82. The predicted molar refractivity (Wildman–Crippen MR) is 92.1 cm³/mol. The molecule has 9 heteroatoms. The van der Waals surface area contributed by atoms with Crippen molar-refractivity contribution in [3.05, 3.63) is 24.3 Å². The topological polar surface area (TPSA) is 89.9 Å². The van der Waals surface area contributed by atoms with Gasteiger partial charge in [-0.2, -0.15) is 8.42 Å². The minimum atomic E-state index is -4.26. The summed E-state index contributed by atoms with van der Waals surface area (Å²) >= 11 is 0. The van der Waals surface area contributed by atoms with E-state index in [2.05, 4.69) is 21.0 Å². The third-order valence-electron chi connectivity index (χ3n) is 3.36. The van der Waals surface area contributed by atoms with E-state index in [1.54, 1.807) is 0 Å². The third-order valence-corrected chi connectivity index (χ3v) is 4.22. The van der Waals surface area contributed by atoms with Crippen molar-refractivity contribution in [2.75, 3.05) is 33.8 Å². The Morgan fingerprint density at radius 1 is 1.17 bits per heavy atom. The molecule has 0 aliphatic carbocycles. The molecule has 0 heterocycles. The van der Waals surface area contributed by atoms with Crippen molar-refractivity contribution in [3.8, 4) is 5.75 Å². The first-order valence-corrected chi connectivity index (χ1v) is 8.82. The minimum absolute atomic E-state index is 0. The molecule has 0 atom stereocenters. The first kappa shape index (κ1) is 23.4. The van der Waals surface area contributed by atoms with Crippen LogP contribution in [0.1, 0.15) is 19.8 Å². The number of nitrogens with zero attached hydrogens (tertiary/aromatic N) is 1. The van der Waals surface area contributed by atoms with E-state index in [4.69, 9.17) is 14.0 Å². The van der Waals surface area contributed by atoms with E-state index in [0.29, 0.717) is 6.54 Å². The number of rotatable bonds is 8. The Balaban J connectivity index is 0.00000529. The zero-order valence-corrected chi connectivity index (χ0v) is 14.5. The normalized spacial score (nSPS) is 11.5. The number of hydrogen-bond donors (Lipinski definition) is 1. The SMILES string of the molecule is CCCC[N+](C)(C)CCOC(=O)Oc1ccc(S(=O)(=O)O)cc1.[NaH]. The van der Waals surface area contributed by atoms with Crippen molar-refractivity contribution >= 4 is 45.8 Å². The Morgan fingerprint density at radius 2 is 1.75 bits per heavy atom. The maximum absolute atomic E-state index is 11.6. The molecule has 0 saturated carbocycles. The molecule has 1 rings (SSSR count). The van der Waals surface area contributed by atoms with Gasteiger partial charge in [-0.3, -0.25) is 4.55 Å². The van der Waals surface area contributed by atoms with E-state index in [1.807, 2.05) is 0 Å². The average molecular weight is 370 g/mol. The van der Waals surface area contributed by atoms with Gasteiger partial charge in [0, 0.05) is 0 Å². The van der Waals surface area contributed by atoms with Gasteiger partial charge in [0.05, 0.1) is 25.5 Å². The third kappa shape index (κ3) is 9.00. The summed E-state index contributed by atoms with van der Waals surface area (Å²) in [6.07, 6.45) is 1.38. The number of quaternary nitrogens is 1. The van der Waals surface area contributed by atoms with E-state index in [-0.39, 0.29) is 46.8 Å². The first-order valence-electron chi connectivity index (χ1n) is 7.38. The maximum atomic E-state index is 11.6. The second kappa shape index (κ2) is 10.4. The van der Waals surface area contributed by atoms with Gasteiger partial charge in [-0.15, -0.1) is 0 Å². The average Bonchev–Trinajstić information content (AvgIpc) is 2.44. The summed E-state index contributed by atoms with van der Waals surface area (Å²) in [5, 5.41) is 0. The second-order valence-electron chi connectivity index (χ2n) is 5.88. The van der Waals surface area contributed by atoms with Crippen LogP contribution in [0.15, 0.2) is 29.2 Å². The van der Waals surface area contributed by atoms with Crippen LogP contribution in [0.5, 0.6) is 5.75 Å². The summed E-state index contributed by atoms with van der Waals surface area (Å²) in [4.78, 5) is 11.3. The van der Waals surface area contributed by atoms with Gasteiger partial charge in [0.1, 0.15) is 18.9 Å². The van der Waals surface area contributed by atoms with Crippen molar-refractivity contribution in [2.24, 2.45) is 0 Å². The number of carbonyl (C=O) groups excluding carboxylic acids is 1. The number of ether oxygens (including phenoxy) is 2. The van der Waals surface area contributed by atoms with Crippen LogP contribution in [0.2, 0.25) is 0 Å². The summed E-state index contributed by atoms with van der Waals surface area (Å²) in [5.74, 6) is 0.141. The molecule has 0 spiro atoms. The standard InChI is InChI=1S/C15H23NO6S.Na.H/c1-4-5-10-16(2,3)11-12-21-15(17)22-13-6-8-14(9-7-13)23(18,19)20;;/h6-9H,4-5,10-12H2,1-3H3;;/p+1. The molecule has 7 nitrogen and oxygen atoms in total. The predicted octanol–water partition coefficient (Wildman–Crippen LogP) is 1.68. The van der Waals surface area contributed by atoms with Crippen molar-refractivity contribution in [1.29, 1.82) is 0 Å². The fourth-order valence-electron chi connectivity index (χ4n) is 1.88.